The van der Waals surface area contributed by atoms with Crippen molar-refractivity contribution < 1.29 is 28.6 Å². The average molecular weight is 958 g/mol. The van der Waals surface area contributed by atoms with E-state index >= 15 is 0 Å². The van der Waals surface area contributed by atoms with Crippen LogP contribution in [0.25, 0.3) is 0 Å². The molecule has 0 aromatic carbocycles. The van der Waals surface area contributed by atoms with E-state index in [-0.39, 0.29) is 31.1 Å². The van der Waals surface area contributed by atoms with E-state index in [1.165, 1.54) is 231 Å². The number of rotatable bonds is 56. The van der Waals surface area contributed by atoms with Crippen LogP contribution in [0, 0.1) is 0 Å². The summed E-state index contributed by atoms with van der Waals surface area (Å²) >= 11 is 0. The van der Waals surface area contributed by atoms with Crippen LogP contribution in [0.5, 0.6) is 0 Å². The van der Waals surface area contributed by atoms with Gasteiger partial charge in [0, 0.05) is 19.3 Å². The summed E-state index contributed by atoms with van der Waals surface area (Å²) in [4.78, 5) is 38.2. The molecule has 68 heavy (non-hydrogen) atoms. The zero-order valence-electron chi connectivity index (χ0n) is 45.9. The molecule has 1 unspecified atom stereocenters. The molecule has 0 N–H and O–H groups in total. The molecule has 0 radical (unpaired) electrons. The van der Waals surface area contributed by atoms with Gasteiger partial charge in [-0.15, -0.1) is 0 Å². The van der Waals surface area contributed by atoms with Gasteiger partial charge in [-0.25, -0.2) is 0 Å². The summed E-state index contributed by atoms with van der Waals surface area (Å²) in [6.45, 7) is 6.68. The van der Waals surface area contributed by atoms with Gasteiger partial charge in [0.1, 0.15) is 13.2 Å². The van der Waals surface area contributed by atoms with Crippen LogP contribution in [-0.4, -0.2) is 37.2 Å². The molecular formula is C62H116O6. The highest BCUT2D eigenvalue weighted by Crippen LogP contribution is 2.17. The topological polar surface area (TPSA) is 78.9 Å². The number of allylic oxidation sites excluding steroid dienone is 4. The Balaban J connectivity index is 4.30. The fourth-order valence-electron chi connectivity index (χ4n) is 9.08. The molecule has 0 aliphatic rings. The van der Waals surface area contributed by atoms with E-state index in [9.17, 15) is 14.4 Å². The van der Waals surface area contributed by atoms with Crippen molar-refractivity contribution in [3.63, 3.8) is 0 Å². The molecule has 0 saturated heterocycles. The van der Waals surface area contributed by atoms with E-state index in [4.69, 9.17) is 14.2 Å². The smallest absolute Gasteiger partial charge is 0.306 e. The lowest BCUT2D eigenvalue weighted by atomic mass is 10.0. The second kappa shape index (κ2) is 57.5. The van der Waals surface area contributed by atoms with E-state index in [2.05, 4.69) is 45.1 Å². The van der Waals surface area contributed by atoms with Crippen molar-refractivity contribution in [2.75, 3.05) is 13.2 Å². The standard InChI is InChI=1S/C62H116O6/c1-4-7-10-13-16-19-22-25-27-29-30-31-32-33-35-37-40-43-46-49-52-55-61(64)67-58-59(57-66-60(63)54-51-48-45-42-39-36-24-21-18-15-12-9-6-3)68-62(65)56-53-50-47-44-41-38-34-28-26-23-20-17-14-11-8-5-2/h28-30,34,59H,4-27,31-33,35-58H2,1-3H3/b30-29-,34-28-. The minimum absolute atomic E-state index is 0.0706. The maximum absolute atomic E-state index is 12.9. The summed E-state index contributed by atoms with van der Waals surface area (Å²) < 4.78 is 16.9. The average Bonchev–Trinajstić information content (AvgIpc) is 3.34. The second-order valence-corrected chi connectivity index (χ2v) is 20.6. The predicted octanol–water partition coefficient (Wildman–Crippen LogP) is 20.3. The van der Waals surface area contributed by atoms with Gasteiger partial charge < -0.3 is 14.2 Å². The molecule has 0 saturated carbocycles. The fourth-order valence-corrected chi connectivity index (χ4v) is 9.08. The van der Waals surface area contributed by atoms with Crippen molar-refractivity contribution in [2.45, 2.75) is 341 Å². The minimum atomic E-state index is -0.773. The van der Waals surface area contributed by atoms with E-state index in [0.717, 1.165) is 64.2 Å². The summed E-state index contributed by atoms with van der Waals surface area (Å²) in [5, 5.41) is 0. The van der Waals surface area contributed by atoms with E-state index in [0.29, 0.717) is 19.3 Å². The van der Waals surface area contributed by atoms with Crippen molar-refractivity contribution >= 4 is 17.9 Å². The number of carbonyl (C=O) groups excluding carboxylic acids is 3. The Bertz CT molecular complexity index is 1100. The lowest BCUT2D eigenvalue weighted by Crippen LogP contribution is -2.30. The van der Waals surface area contributed by atoms with E-state index < -0.39 is 6.10 Å². The third-order valence-corrected chi connectivity index (χ3v) is 13.7. The van der Waals surface area contributed by atoms with Crippen LogP contribution in [-0.2, 0) is 28.6 Å². The SMILES string of the molecule is CCCCCCCCC/C=C\CCCCCCCC(=O)OC(COC(=O)CCCCCCCCCCC/C=C\CCCCCCCCCC)COC(=O)CCCCCCCCCCCCCCC. The van der Waals surface area contributed by atoms with Crippen molar-refractivity contribution in [2.24, 2.45) is 0 Å². The molecule has 400 valence electrons. The van der Waals surface area contributed by atoms with Crippen LogP contribution in [0.15, 0.2) is 24.3 Å². The van der Waals surface area contributed by atoms with Crippen molar-refractivity contribution in [1.29, 1.82) is 0 Å². The van der Waals surface area contributed by atoms with Gasteiger partial charge >= 0.3 is 17.9 Å². The number of carbonyl (C=O) groups is 3. The predicted molar refractivity (Wildman–Crippen MR) is 293 cm³/mol. The van der Waals surface area contributed by atoms with Crippen molar-refractivity contribution in [3.05, 3.63) is 24.3 Å². The molecule has 6 heteroatoms. The van der Waals surface area contributed by atoms with Crippen LogP contribution in [0.2, 0.25) is 0 Å². The molecule has 0 bridgehead atoms. The van der Waals surface area contributed by atoms with Crippen LogP contribution in [0.1, 0.15) is 335 Å². The molecular weight excluding hydrogens is 841 g/mol. The van der Waals surface area contributed by atoms with E-state index in [1.54, 1.807) is 0 Å². The third-order valence-electron chi connectivity index (χ3n) is 13.7. The van der Waals surface area contributed by atoms with Gasteiger partial charge in [-0.3, -0.25) is 14.4 Å². The van der Waals surface area contributed by atoms with Crippen LogP contribution in [0.3, 0.4) is 0 Å². The summed E-state index contributed by atoms with van der Waals surface area (Å²) in [5.74, 6) is -0.859. The first-order chi connectivity index (χ1) is 33.5. The molecule has 0 amide bonds. The van der Waals surface area contributed by atoms with Gasteiger partial charge in [-0.05, 0) is 70.6 Å². The molecule has 6 nitrogen and oxygen atoms in total. The number of ether oxygens (including phenoxy) is 3. The molecule has 0 fully saturated rings. The summed E-state index contributed by atoms with van der Waals surface area (Å²) in [7, 11) is 0. The van der Waals surface area contributed by atoms with Crippen LogP contribution >= 0.6 is 0 Å². The lowest BCUT2D eigenvalue weighted by molar-refractivity contribution is -0.167. The number of esters is 3. The van der Waals surface area contributed by atoms with Crippen LogP contribution in [0.4, 0.5) is 0 Å². The summed E-state index contributed by atoms with van der Waals surface area (Å²) in [5.41, 5.74) is 0. The third kappa shape index (κ3) is 54.8. The monoisotopic (exact) mass is 957 g/mol. The van der Waals surface area contributed by atoms with Gasteiger partial charge in [-0.1, -0.05) is 270 Å². The molecule has 0 aromatic rings. The highest BCUT2D eigenvalue weighted by molar-refractivity contribution is 5.71. The molecule has 0 spiro atoms. The van der Waals surface area contributed by atoms with Gasteiger partial charge in [0.05, 0.1) is 0 Å². The maximum atomic E-state index is 12.9. The van der Waals surface area contributed by atoms with Crippen LogP contribution < -0.4 is 0 Å². The second-order valence-electron chi connectivity index (χ2n) is 20.6. The van der Waals surface area contributed by atoms with Gasteiger partial charge in [-0.2, -0.15) is 0 Å². The zero-order valence-corrected chi connectivity index (χ0v) is 45.9. The number of hydrogen-bond acceptors (Lipinski definition) is 6. The Labute approximate surface area is 423 Å². The zero-order chi connectivity index (χ0) is 49.3. The molecule has 0 aliphatic heterocycles. The fraction of sp³-hybridized carbons (Fsp3) is 0.887. The largest absolute Gasteiger partial charge is 0.462 e. The molecule has 0 aromatic heterocycles. The Morgan fingerprint density at radius 1 is 0.279 bits per heavy atom. The Morgan fingerprint density at radius 2 is 0.485 bits per heavy atom. The first-order valence-corrected chi connectivity index (χ1v) is 30.3. The molecule has 1 atom stereocenters. The normalized spacial score (nSPS) is 12.1. The Kier molecular flexibility index (Phi) is 55.7. The first-order valence-electron chi connectivity index (χ1n) is 30.3. The first kappa shape index (κ1) is 65.9. The number of unbranched alkanes of at least 4 members (excludes halogenated alkanes) is 41. The van der Waals surface area contributed by atoms with Gasteiger partial charge in [0.2, 0.25) is 0 Å². The molecule has 0 heterocycles. The highest BCUT2D eigenvalue weighted by Gasteiger charge is 2.19. The lowest BCUT2D eigenvalue weighted by Gasteiger charge is -2.18. The molecule has 0 rings (SSSR count). The van der Waals surface area contributed by atoms with Crippen molar-refractivity contribution in [3.8, 4) is 0 Å². The highest BCUT2D eigenvalue weighted by atomic mass is 16.6. The number of hydrogen-bond donors (Lipinski definition) is 0. The Morgan fingerprint density at radius 3 is 0.735 bits per heavy atom. The van der Waals surface area contributed by atoms with Gasteiger partial charge in [0.15, 0.2) is 6.10 Å². The molecule has 0 aliphatic carbocycles. The van der Waals surface area contributed by atoms with Gasteiger partial charge in [0.25, 0.3) is 0 Å². The maximum Gasteiger partial charge on any atom is 0.306 e. The van der Waals surface area contributed by atoms with E-state index in [1.807, 2.05) is 0 Å². The van der Waals surface area contributed by atoms with Crippen molar-refractivity contribution in [1.82, 2.24) is 0 Å². The quantitative estimate of drug-likeness (QED) is 0.0262. The minimum Gasteiger partial charge on any atom is -0.462 e. The summed E-state index contributed by atoms with van der Waals surface area (Å²) in [6, 6.07) is 0. The Hall–Kier alpha value is -2.11. The summed E-state index contributed by atoms with van der Waals surface area (Å²) in [6.07, 6.45) is 67.4.